The Morgan fingerprint density at radius 1 is 1.28 bits per heavy atom. The molecule has 1 aromatic rings. The standard InChI is InChI=1S/C18H27ClN2O3S/c1-4-5-10-25(23,24)21-8-6-15(7-9-21)18(22)20-17-14(3)11-13(2)12-16(17)19/h11-12,15H,4-10H2,1-3H3,(H,20,22). The maximum Gasteiger partial charge on any atom is 0.227 e. The van der Waals surface area contributed by atoms with Crippen molar-refractivity contribution in [3.8, 4) is 0 Å². The van der Waals surface area contributed by atoms with Gasteiger partial charge in [-0.3, -0.25) is 4.79 Å². The number of amides is 1. The summed E-state index contributed by atoms with van der Waals surface area (Å²) >= 11 is 6.25. The summed E-state index contributed by atoms with van der Waals surface area (Å²) in [6, 6.07) is 3.80. The van der Waals surface area contributed by atoms with Crippen LogP contribution in [0.2, 0.25) is 5.02 Å². The Morgan fingerprint density at radius 3 is 2.48 bits per heavy atom. The topological polar surface area (TPSA) is 66.5 Å². The highest BCUT2D eigenvalue weighted by Gasteiger charge is 2.31. The SMILES string of the molecule is CCCCS(=O)(=O)N1CCC(C(=O)Nc2c(C)cc(C)cc2Cl)CC1. The number of unbranched alkanes of at least 4 members (excludes halogenated alkanes) is 1. The molecule has 1 aliphatic heterocycles. The number of halogens is 1. The lowest BCUT2D eigenvalue weighted by atomic mass is 9.97. The molecule has 0 radical (unpaired) electrons. The number of piperidine rings is 1. The molecule has 2 rings (SSSR count). The Kier molecular flexibility index (Phi) is 6.88. The fourth-order valence-corrected chi connectivity index (χ4v) is 5.20. The molecule has 25 heavy (non-hydrogen) atoms. The molecule has 1 heterocycles. The number of sulfonamides is 1. The van der Waals surface area contributed by atoms with Gasteiger partial charge in [0.05, 0.1) is 16.5 Å². The molecule has 1 fully saturated rings. The van der Waals surface area contributed by atoms with Crippen molar-refractivity contribution in [3.63, 3.8) is 0 Å². The summed E-state index contributed by atoms with van der Waals surface area (Å²) < 4.78 is 26.0. The van der Waals surface area contributed by atoms with Gasteiger partial charge in [-0.1, -0.05) is 31.0 Å². The molecule has 1 saturated heterocycles. The molecule has 5 nitrogen and oxygen atoms in total. The third kappa shape index (κ3) is 5.19. The molecule has 140 valence electrons. The van der Waals surface area contributed by atoms with E-state index in [1.807, 2.05) is 32.9 Å². The molecular weight excluding hydrogens is 360 g/mol. The van der Waals surface area contributed by atoms with Crippen molar-refractivity contribution in [3.05, 3.63) is 28.3 Å². The molecule has 1 N–H and O–H groups in total. The summed E-state index contributed by atoms with van der Waals surface area (Å²) in [7, 11) is -3.19. The van der Waals surface area contributed by atoms with Gasteiger partial charge >= 0.3 is 0 Å². The molecule has 1 aliphatic rings. The van der Waals surface area contributed by atoms with Crippen LogP contribution in [0, 0.1) is 19.8 Å². The van der Waals surface area contributed by atoms with Crippen LogP contribution in [0.5, 0.6) is 0 Å². The van der Waals surface area contributed by atoms with Crippen LogP contribution in [0.15, 0.2) is 12.1 Å². The molecule has 7 heteroatoms. The first-order chi connectivity index (χ1) is 11.7. The van der Waals surface area contributed by atoms with Gasteiger partial charge in [0, 0.05) is 19.0 Å². The van der Waals surface area contributed by atoms with E-state index >= 15 is 0 Å². The Labute approximate surface area is 155 Å². The number of aryl methyl sites for hydroxylation is 2. The summed E-state index contributed by atoms with van der Waals surface area (Å²) in [4.78, 5) is 12.5. The quantitative estimate of drug-likeness (QED) is 0.809. The number of hydrogen-bond donors (Lipinski definition) is 1. The van der Waals surface area contributed by atoms with Crippen LogP contribution in [-0.2, 0) is 14.8 Å². The second-order valence-electron chi connectivity index (χ2n) is 6.77. The molecule has 1 aromatic carbocycles. The number of rotatable bonds is 6. The third-order valence-electron chi connectivity index (χ3n) is 4.65. The Hall–Kier alpha value is -1.11. The predicted molar refractivity (Wildman–Crippen MR) is 103 cm³/mol. The van der Waals surface area contributed by atoms with Gasteiger partial charge in [0.1, 0.15) is 0 Å². The van der Waals surface area contributed by atoms with E-state index in [4.69, 9.17) is 11.6 Å². The van der Waals surface area contributed by atoms with Crippen LogP contribution in [-0.4, -0.2) is 37.5 Å². The number of carbonyl (C=O) groups excluding carboxylic acids is 1. The number of nitrogens with zero attached hydrogens (tertiary/aromatic N) is 1. The van der Waals surface area contributed by atoms with E-state index in [9.17, 15) is 13.2 Å². The van der Waals surface area contributed by atoms with Crippen molar-refractivity contribution in [1.29, 1.82) is 0 Å². The first-order valence-corrected chi connectivity index (χ1v) is 10.8. The van der Waals surface area contributed by atoms with Crippen LogP contribution >= 0.6 is 11.6 Å². The van der Waals surface area contributed by atoms with Gasteiger partial charge in [0.2, 0.25) is 15.9 Å². The molecular formula is C18H27ClN2O3S. The van der Waals surface area contributed by atoms with Crippen LogP contribution in [0.25, 0.3) is 0 Å². The largest absolute Gasteiger partial charge is 0.324 e. The summed E-state index contributed by atoms with van der Waals surface area (Å²) in [5.41, 5.74) is 2.62. The lowest BCUT2D eigenvalue weighted by Crippen LogP contribution is -2.42. The molecule has 0 saturated carbocycles. The number of nitrogens with one attached hydrogen (secondary N) is 1. The molecule has 0 spiro atoms. The van der Waals surface area contributed by atoms with E-state index < -0.39 is 10.0 Å². The minimum Gasteiger partial charge on any atom is -0.324 e. The number of hydrogen-bond acceptors (Lipinski definition) is 3. The van der Waals surface area contributed by atoms with Crippen molar-refractivity contribution in [2.75, 3.05) is 24.2 Å². The Morgan fingerprint density at radius 2 is 1.92 bits per heavy atom. The first kappa shape index (κ1) is 20.2. The van der Waals surface area contributed by atoms with E-state index in [2.05, 4.69) is 5.32 Å². The van der Waals surface area contributed by atoms with Gasteiger partial charge in [-0.25, -0.2) is 12.7 Å². The number of anilines is 1. The van der Waals surface area contributed by atoms with Crippen molar-refractivity contribution in [1.82, 2.24) is 4.31 Å². The van der Waals surface area contributed by atoms with Gasteiger partial charge in [-0.05, 0) is 50.3 Å². The Balaban J connectivity index is 1.96. The summed E-state index contributed by atoms with van der Waals surface area (Å²) in [6.45, 7) is 6.66. The molecule has 1 amide bonds. The number of benzene rings is 1. The summed E-state index contributed by atoms with van der Waals surface area (Å²) in [5, 5.41) is 3.46. The van der Waals surface area contributed by atoms with Crippen molar-refractivity contribution < 1.29 is 13.2 Å². The normalized spacial score (nSPS) is 16.8. The molecule has 0 aromatic heterocycles. The van der Waals surface area contributed by atoms with Crippen LogP contribution in [0.4, 0.5) is 5.69 Å². The zero-order valence-electron chi connectivity index (χ0n) is 15.1. The van der Waals surface area contributed by atoms with E-state index in [0.717, 1.165) is 17.5 Å². The average Bonchev–Trinajstić information content (AvgIpc) is 2.56. The fourth-order valence-electron chi connectivity index (χ4n) is 3.15. The van der Waals surface area contributed by atoms with Crippen LogP contribution in [0.1, 0.15) is 43.7 Å². The van der Waals surface area contributed by atoms with E-state index in [1.54, 1.807) is 0 Å². The Bertz CT molecular complexity index is 703. The van der Waals surface area contributed by atoms with E-state index in [1.165, 1.54) is 4.31 Å². The lowest BCUT2D eigenvalue weighted by Gasteiger charge is -2.30. The van der Waals surface area contributed by atoms with Gasteiger partial charge in [-0.15, -0.1) is 0 Å². The van der Waals surface area contributed by atoms with Gasteiger partial charge in [-0.2, -0.15) is 0 Å². The zero-order chi connectivity index (χ0) is 18.6. The zero-order valence-corrected chi connectivity index (χ0v) is 16.7. The first-order valence-electron chi connectivity index (χ1n) is 8.80. The third-order valence-corrected chi connectivity index (χ3v) is 6.91. The number of carbonyl (C=O) groups is 1. The molecule has 0 atom stereocenters. The van der Waals surface area contributed by atoms with Crippen molar-refractivity contribution in [2.45, 2.75) is 46.5 Å². The van der Waals surface area contributed by atoms with E-state index in [0.29, 0.717) is 43.1 Å². The van der Waals surface area contributed by atoms with Crippen molar-refractivity contribution >= 4 is 33.2 Å². The lowest BCUT2D eigenvalue weighted by molar-refractivity contribution is -0.120. The highest BCUT2D eigenvalue weighted by atomic mass is 35.5. The predicted octanol–water partition coefficient (Wildman–Crippen LogP) is 3.74. The van der Waals surface area contributed by atoms with E-state index in [-0.39, 0.29) is 17.6 Å². The smallest absolute Gasteiger partial charge is 0.227 e. The minimum atomic E-state index is -3.19. The summed E-state index contributed by atoms with van der Waals surface area (Å²) in [5.74, 6) is -0.0766. The average molecular weight is 387 g/mol. The second-order valence-corrected chi connectivity index (χ2v) is 9.27. The highest BCUT2D eigenvalue weighted by molar-refractivity contribution is 7.89. The maximum atomic E-state index is 12.5. The fraction of sp³-hybridized carbons (Fsp3) is 0.611. The van der Waals surface area contributed by atoms with Crippen molar-refractivity contribution in [2.24, 2.45) is 5.92 Å². The molecule has 0 unspecified atom stereocenters. The second kappa shape index (κ2) is 8.52. The monoisotopic (exact) mass is 386 g/mol. The molecule has 0 bridgehead atoms. The van der Waals surface area contributed by atoms with Crippen LogP contribution < -0.4 is 5.32 Å². The minimum absolute atomic E-state index is 0.0838. The van der Waals surface area contributed by atoms with Gasteiger partial charge in [0.15, 0.2) is 0 Å². The van der Waals surface area contributed by atoms with Gasteiger partial charge < -0.3 is 5.32 Å². The van der Waals surface area contributed by atoms with Crippen LogP contribution in [0.3, 0.4) is 0 Å². The summed E-state index contributed by atoms with van der Waals surface area (Å²) in [6.07, 6.45) is 2.61. The van der Waals surface area contributed by atoms with Gasteiger partial charge in [0.25, 0.3) is 0 Å². The molecule has 0 aliphatic carbocycles. The highest BCUT2D eigenvalue weighted by Crippen LogP contribution is 2.29. The maximum absolute atomic E-state index is 12.5.